The van der Waals surface area contributed by atoms with Crippen LogP contribution in [0.3, 0.4) is 0 Å². The van der Waals surface area contributed by atoms with Crippen molar-refractivity contribution in [3.8, 4) is 0 Å². The third kappa shape index (κ3) is 1.02. The van der Waals surface area contributed by atoms with E-state index in [-0.39, 0.29) is 29.0 Å². The zero-order valence-corrected chi connectivity index (χ0v) is 8.20. The molecule has 2 heterocycles. The van der Waals surface area contributed by atoms with E-state index in [0.29, 0.717) is 3.18 Å². The number of hydrogen-bond acceptors (Lipinski definition) is 3. The summed E-state index contributed by atoms with van der Waals surface area (Å²) >= 11 is -0.0484. The molecular formula is C5H2N2OSe2. The van der Waals surface area contributed by atoms with E-state index in [1.54, 1.807) is 12.4 Å². The number of hydrogen-bond donors (Lipinski definition) is 0. The Morgan fingerprint density at radius 1 is 1.10 bits per heavy atom. The standard InChI is InChI=1S/C5H2N2OSe2/c8-5-9-3-4(10-5)7-2-1-6-3/h1-2H. The maximum absolute atomic E-state index is 10.9. The van der Waals surface area contributed by atoms with Gasteiger partial charge in [0.2, 0.25) is 0 Å². The molecule has 2 aromatic heterocycles. The van der Waals surface area contributed by atoms with Crippen molar-refractivity contribution in [3.05, 3.63) is 20.4 Å². The van der Waals surface area contributed by atoms with E-state index in [0.717, 1.165) is 8.78 Å². The number of rotatable bonds is 0. The van der Waals surface area contributed by atoms with Gasteiger partial charge >= 0.3 is 68.1 Å². The summed E-state index contributed by atoms with van der Waals surface area (Å²) in [5.41, 5.74) is 0. The second kappa shape index (κ2) is 2.44. The van der Waals surface area contributed by atoms with E-state index >= 15 is 0 Å². The minimum absolute atomic E-state index is 0.0242. The first-order valence-corrected chi connectivity index (χ1v) is 5.99. The van der Waals surface area contributed by atoms with Gasteiger partial charge in [-0.15, -0.1) is 0 Å². The molecule has 50 valence electrons. The van der Waals surface area contributed by atoms with Crippen molar-refractivity contribution in [1.82, 2.24) is 9.97 Å². The van der Waals surface area contributed by atoms with Crippen LogP contribution in [0.15, 0.2) is 17.2 Å². The number of nitrogens with zero attached hydrogens (tertiary/aromatic N) is 2. The summed E-state index contributed by atoms with van der Waals surface area (Å²) in [4.78, 5) is 19.0. The molecule has 0 saturated heterocycles. The molecule has 0 fully saturated rings. The monoisotopic (exact) mass is 266 g/mol. The Bertz CT molecular complexity index is 369. The molecule has 0 bridgehead atoms. The van der Waals surface area contributed by atoms with Crippen LogP contribution in [0.5, 0.6) is 0 Å². The van der Waals surface area contributed by atoms with Crippen LogP contribution in [0.4, 0.5) is 0 Å². The van der Waals surface area contributed by atoms with Gasteiger partial charge in [0, 0.05) is 0 Å². The Labute approximate surface area is 68.2 Å². The molecular weight excluding hydrogens is 262 g/mol. The zero-order valence-electron chi connectivity index (χ0n) is 4.77. The molecule has 0 aliphatic carbocycles. The quantitative estimate of drug-likeness (QED) is 0.579. The van der Waals surface area contributed by atoms with Crippen molar-refractivity contribution in [1.29, 1.82) is 0 Å². The summed E-state index contributed by atoms with van der Waals surface area (Å²) in [6.45, 7) is 0. The van der Waals surface area contributed by atoms with Crippen molar-refractivity contribution in [2.24, 2.45) is 0 Å². The third-order valence-electron chi connectivity index (χ3n) is 0.993. The molecule has 0 radical (unpaired) electrons. The predicted molar refractivity (Wildman–Crippen MR) is 39.7 cm³/mol. The second-order valence-corrected chi connectivity index (χ2v) is 6.97. The Balaban J connectivity index is 3.01. The van der Waals surface area contributed by atoms with Gasteiger partial charge in [-0.1, -0.05) is 0 Å². The Hall–Kier alpha value is -0.211. The molecule has 0 amide bonds. The number of fused-ring (bicyclic) bond motifs is 1. The fraction of sp³-hybridized carbons (Fsp3) is 0. The van der Waals surface area contributed by atoms with Crippen LogP contribution in [-0.2, 0) is 0 Å². The van der Waals surface area contributed by atoms with E-state index in [1.807, 2.05) is 0 Å². The molecule has 2 aromatic rings. The Morgan fingerprint density at radius 3 is 2.10 bits per heavy atom. The Morgan fingerprint density at radius 2 is 1.60 bits per heavy atom. The van der Waals surface area contributed by atoms with Crippen molar-refractivity contribution >= 4 is 37.8 Å². The van der Waals surface area contributed by atoms with Crippen LogP contribution >= 0.6 is 0 Å². The molecule has 5 heteroatoms. The van der Waals surface area contributed by atoms with E-state index < -0.39 is 0 Å². The zero-order chi connectivity index (χ0) is 6.97. The van der Waals surface area contributed by atoms with Gasteiger partial charge in [0.25, 0.3) is 0 Å². The average molecular weight is 264 g/mol. The number of aromatic nitrogens is 2. The molecule has 0 atom stereocenters. The van der Waals surface area contributed by atoms with Crippen molar-refractivity contribution in [3.63, 3.8) is 0 Å². The van der Waals surface area contributed by atoms with E-state index in [2.05, 4.69) is 9.97 Å². The summed E-state index contributed by atoms with van der Waals surface area (Å²) in [7, 11) is 0. The van der Waals surface area contributed by atoms with Crippen LogP contribution in [0.25, 0.3) is 8.78 Å². The fourth-order valence-electron chi connectivity index (χ4n) is 0.631. The molecule has 0 spiro atoms. The van der Waals surface area contributed by atoms with Gasteiger partial charge < -0.3 is 0 Å². The van der Waals surface area contributed by atoms with Crippen molar-refractivity contribution in [2.45, 2.75) is 0 Å². The van der Waals surface area contributed by atoms with Gasteiger partial charge in [-0.05, 0) is 0 Å². The van der Waals surface area contributed by atoms with E-state index in [1.165, 1.54) is 0 Å². The van der Waals surface area contributed by atoms with Crippen molar-refractivity contribution in [2.75, 3.05) is 0 Å². The molecule has 0 aromatic carbocycles. The Kier molecular flexibility index (Phi) is 1.58. The first kappa shape index (κ1) is 6.50. The third-order valence-corrected chi connectivity index (χ3v) is 6.23. The summed E-state index contributed by atoms with van der Waals surface area (Å²) in [6.07, 6.45) is 3.30. The first-order valence-electron chi connectivity index (χ1n) is 2.57. The van der Waals surface area contributed by atoms with Crippen molar-refractivity contribution < 1.29 is 0 Å². The average Bonchev–Trinajstić information content (AvgIpc) is 2.27. The normalized spacial score (nSPS) is 10.4. The molecule has 10 heavy (non-hydrogen) atoms. The summed E-state index contributed by atoms with van der Waals surface area (Å²) in [5, 5.41) is 0. The van der Waals surface area contributed by atoms with Gasteiger partial charge in [-0.3, -0.25) is 0 Å². The molecule has 2 rings (SSSR count). The van der Waals surface area contributed by atoms with Gasteiger partial charge in [0.05, 0.1) is 0 Å². The summed E-state index contributed by atoms with van der Waals surface area (Å²) in [6, 6.07) is 0. The predicted octanol–water partition coefficient (Wildman–Crippen LogP) is -0.896. The van der Waals surface area contributed by atoms with Gasteiger partial charge in [-0.25, -0.2) is 0 Å². The van der Waals surface area contributed by atoms with Gasteiger partial charge in [-0.2, -0.15) is 0 Å². The van der Waals surface area contributed by atoms with Crippen LogP contribution in [-0.4, -0.2) is 39.0 Å². The summed E-state index contributed by atoms with van der Waals surface area (Å²) < 4.78 is 2.24. The second-order valence-electron chi connectivity index (χ2n) is 1.62. The molecule has 0 aliphatic rings. The first-order chi connectivity index (χ1) is 4.86. The molecule has 0 saturated carbocycles. The van der Waals surface area contributed by atoms with Gasteiger partial charge in [0.15, 0.2) is 0 Å². The maximum atomic E-state index is 10.9. The van der Waals surface area contributed by atoms with Crippen LogP contribution in [0, 0.1) is 0 Å². The topological polar surface area (TPSA) is 42.9 Å². The SMILES string of the molecule is O=c1[se]c2nccnc2[se]1. The summed E-state index contributed by atoms with van der Waals surface area (Å²) in [5.74, 6) is 0. The molecule has 0 unspecified atom stereocenters. The molecule has 0 N–H and O–H groups in total. The minimum atomic E-state index is -0.0242. The molecule has 0 aliphatic heterocycles. The van der Waals surface area contributed by atoms with E-state index in [9.17, 15) is 4.79 Å². The van der Waals surface area contributed by atoms with E-state index in [4.69, 9.17) is 0 Å². The van der Waals surface area contributed by atoms with Crippen LogP contribution in [0.1, 0.15) is 0 Å². The van der Waals surface area contributed by atoms with Crippen LogP contribution in [0.2, 0.25) is 0 Å². The van der Waals surface area contributed by atoms with Crippen LogP contribution < -0.4 is 3.18 Å². The van der Waals surface area contributed by atoms with Gasteiger partial charge in [0.1, 0.15) is 0 Å². The fourth-order valence-corrected chi connectivity index (χ4v) is 5.53. The molecule has 3 nitrogen and oxygen atoms in total.